The molecule has 4 rings (SSSR count). The molecule has 0 saturated carbocycles. The number of carbonyl (C=O) groups is 1. The number of nitrogens with one attached hydrogen (secondary N) is 2. The lowest BCUT2D eigenvalue weighted by Gasteiger charge is -2.46. The van der Waals surface area contributed by atoms with Gasteiger partial charge in [0.2, 0.25) is 0 Å². The lowest BCUT2D eigenvalue weighted by Crippen LogP contribution is -2.61. The molecule has 2 aliphatic heterocycles. The zero-order chi connectivity index (χ0) is 18.7. The minimum absolute atomic E-state index is 0.0130. The van der Waals surface area contributed by atoms with Crippen molar-refractivity contribution in [2.45, 2.75) is 37.3 Å². The number of ether oxygens (including phenoxy) is 2. The van der Waals surface area contributed by atoms with Gasteiger partial charge in [-0.2, -0.15) is 0 Å². The van der Waals surface area contributed by atoms with Gasteiger partial charge in [0.1, 0.15) is 11.3 Å². The minimum Gasteiger partial charge on any atom is -0.484 e. The van der Waals surface area contributed by atoms with Crippen molar-refractivity contribution >= 4 is 16.9 Å². The topological polar surface area (TPSA) is 89.8 Å². The van der Waals surface area contributed by atoms with E-state index < -0.39 is 5.63 Å². The highest BCUT2D eigenvalue weighted by Gasteiger charge is 2.43. The zero-order valence-corrected chi connectivity index (χ0v) is 15.2. The summed E-state index contributed by atoms with van der Waals surface area (Å²) in [5.41, 5.74) is -0.234. The third-order valence-corrected chi connectivity index (χ3v) is 5.41. The molecule has 0 bridgehead atoms. The van der Waals surface area contributed by atoms with Crippen molar-refractivity contribution in [1.29, 1.82) is 0 Å². The van der Waals surface area contributed by atoms with Gasteiger partial charge in [-0.3, -0.25) is 4.79 Å². The first kappa shape index (κ1) is 18.0. The Hall–Kier alpha value is -2.38. The number of carbonyl (C=O) groups excluding carboxylic acids is 1. The van der Waals surface area contributed by atoms with E-state index in [1.165, 1.54) is 6.07 Å². The van der Waals surface area contributed by atoms with Crippen LogP contribution in [-0.4, -0.2) is 43.9 Å². The second-order valence-corrected chi connectivity index (χ2v) is 7.17. The molecule has 2 N–H and O–H groups in total. The van der Waals surface area contributed by atoms with Gasteiger partial charge < -0.3 is 24.5 Å². The molecular formula is C20H24N2O5. The number of rotatable bonds is 4. The summed E-state index contributed by atoms with van der Waals surface area (Å²) in [5, 5.41) is 7.26. The Kier molecular flexibility index (Phi) is 5.13. The number of hydrogen-bond donors (Lipinski definition) is 2. The first-order chi connectivity index (χ1) is 13.1. The number of fused-ring (bicyclic) bond motifs is 1. The Morgan fingerprint density at radius 1 is 1.26 bits per heavy atom. The van der Waals surface area contributed by atoms with Crippen LogP contribution >= 0.6 is 0 Å². The van der Waals surface area contributed by atoms with Crippen LogP contribution in [0.25, 0.3) is 11.0 Å². The molecule has 144 valence electrons. The molecule has 1 aromatic carbocycles. The zero-order valence-electron chi connectivity index (χ0n) is 15.2. The highest BCUT2D eigenvalue weighted by molar-refractivity contribution is 5.79. The molecule has 1 aromatic heterocycles. The fraction of sp³-hybridized carbons (Fsp3) is 0.500. The SMILES string of the molecule is O=C(COc1ccc2ccc(=O)oc2c1)NC1CCCOC12CCNCC2. The Bertz CT molecular complexity index is 864. The van der Waals surface area contributed by atoms with Gasteiger partial charge in [-0.15, -0.1) is 0 Å². The summed E-state index contributed by atoms with van der Waals surface area (Å²) in [6.07, 6.45) is 3.68. The van der Waals surface area contributed by atoms with Crippen molar-refractivity contribution in [2.75, 3.05) is 26.3 Å². The molecule has 1 spiro atoms. The largest absolute Gasteiger partial charge is 0.484 e. The van der Waals surface area contributed by atoms with E-state index in [0.29, 0.717) is 11.3 Å². The van der Waals surface area contributed by atoms with Crippen LogP contribution in [0.3, 0.4) is 0 Å². The molecule has 1 unspecified atom stereocenters. The molecule has 1 amide bonds. The molecule has 7 heteroatoms. The van der Waals surface area contributed by atoms with Crippen LogP contribution in [0.5, 0.6) is 5.75 Å². The van der Waals surface area contributed by atoms with Gasteiger partial charge in [-0.05, 0) is 57.0 Å². The van der Waals surface area contributed by atoms with Crippen LogP contribution in [0.15, 0.2) is 39.5 Å². The van der Waals surface area contributed by atoms with Gasteiger partial charge in [-0.25, -0.2) is 4.79 Å². The predicted molar refractivity (Wildman–Crippen MR) is 99.9 cm³/mol. The maximum Gasteiger partial charge on any atom is 0.336 e. The summed E-state index contributed by atoms with van der Waals surface area (Å²) in [7, 11) is 0. The van der Waals surface area contributed by atoms with E-state index in [4.69, 9.17) is 13.9 Å². The molecule has 7 nitrogen and oxygen atoms in total. The lowest BCUT2D eigenvalue weighted by atomic mass is 9.80. The fourth-order valence-electron chi connectivity index (χ4n) is 3.99. The monoisotopic (exact) mass is 372 g/mol. The van der Waals surface area contributed by atoms with E-state index in [-0.39, 0.29) is 24.2 Å². The molecule has 0 radical (unpaired) electrons. The number of hydrogen-bond acceptors (Lipinski definition) is 6. The maximum atomic E-state index is 12.4. The van der Waals surface area contributed by atoms with E-state index in [1.807, 2.05) is 0 Å². The number of amides is 1. The molecule has 2 saturated heterocycles. The highest BCUT2D eigenvalue weighted by atomic mass is 16.5. The smallest absolute Gasteiger partial charge is 0.336 e. The van der Waals surface area contributed by atoms with Crippen LogP contribution < -0.4 is 21.0 Å². The van der Waals surface area contributed by atoms with Crippen LogP contribution in [-0.2, 0) is 9.53 Å². The molecule has 1 atom stereocenters. The van der Waals surface area contributed by atoms with Gasteiger partial charge in [0.25, 0.3) is 5.91 Å². The summed E-state index contributed by atoms with van der Waals surface area (Å²) in [6, 6.07) is 8.26. The van der Waals surface area contributed by atoms with Gasteiger partial charge in [0, 0.05) is 24.1 Å². The highest BCUT2D eigenvalue weighted by Crippen LogP contribution is 2.33. The number of benzene rings is 1. The summed E-state index contributed by atoms with van der Waals surface area (Å²) in [5.74, 6) is 0.321. The van der Waals surface area contributed by atoms with Crippen molar-refractivity contribution in [2.24, 2.45) is 0 Å². The second-order valence-electron chi connectivity index (χ2n) is 7.17. The van der Waals surface area contributed by atoms with Crippen molar-refractivity contribution in [3.05, 3.63) is 40.8 Å². The average molecular weight is 372 g/mol. The predicted octanol–water partition coefficient (Wildman–Crippen LogP) is 1.59. The minimum atomic E-state index is -0.415. The summed E-state index contributed by atoms with van der Waals surface area (Å²) >= 11 is 0. The first-order valence-electron chi connectivity index (χ1n) is 9.45. The standard InChI is InChI=1S/C20H24N2O5/c23-18(22-17-2-1-11-26-20(17)7-9-21-10-8-20)13-25-15-5-3-14-4-6-19(24)27-16(14)12-15/h3-6,12,17,21H,1-2,7-11,13H2,(H,22,23). The summed E-state index contributed by atoms with van der Waals surface area (Å²) in [4.78, 5) is 23.8. The normalized spacial score (nSPS) is 21.9. The first-order valence-corrected chi connectivity index (χ1v) is 9.45. The molecule has 27 heavy (non-hydrogen) atoms. The third-order valence-electron chi connectivity index (χ3n) is 5.41. The van der Waals surface area contributed by atoms with Crippen molar-refractivity contribution in [3.63, 3.8) is 0 Å². The molecule has 2 fully saturated rings. The second kappa shape index (κ2) is 7.70. The van der Waals surface area contributed by atoms with E-state index in [9.17, 15) is 9.59 Å². The Morgan fingerprint density at radius 2 is 2.07 bits per heavy atom. The van der Waals surface area contributed by atoms with Gasteiger partial charge >= 0.3 is 5.63 Å². The van der Waals surface area contributed by atoms with Crippen molar-refractivity contribution in [3.8, 4) is 5.75 Å². The maximum absolute atomic E-state index is 12.4. The Balaban J connectivity index is 1.38. The van der Waals surface area contributed by atoms with Crippen LogP contribution in [0, 0.1) is 0 Å². The number of piperidine rings is 1. The molecule has 2 aromatic rings. The van der Waals surface area contributed by atoms with Crippen LogP contribution in [0.4, 0.5) is 0 Å². The quantitative estimate of drug-likeness (QED) is 0.793. The van der Waals surface area contributed by atoms with E-state index >= 15 is 0 Å². The average Bonchev–Trinajstić information content (AvgIpc) is 2.68. The fourth-order valence-corrected chi connectivity index (χ4v) is 3.99. The van der Waals surface area contributed by atoms with Crippen LogP contribution in [0.1, 0.15) is 25.7 Å². The van der Waals surface area contributed by atoms with E-state index in [2.05, 4.69) is 10.6 Å². The summed E-state index contributed by atoms with van der Waals surface area (Å²) in [6.45, 7) is 2.48. The summed E-state index contributed by atoms with van der Waals surface area (Å²) < 4.78 is 16.9. The van der Waals surface area contributed by atoms with Crippen LogP contribution in [0.2, 0.25) is 0 Å². The molecular weight excluding hydrogens is 348 g/mol. The van der Waals surface area contributed by atoms with Gasteiger partial charge in [-0.1, -0.05) is 0 Å². The van der Waals surface area contributed by atoms with E-state index in [1.54, 1.807) is 24.3 Å². The van der Waals surface area contributed by atoms with Crippen molar-refractivity contribution in [1.82, 2.24) is 10.6 Å². The Morgan fingerprint density at radius 3 is 2.93 bits per heavy atom. The lowest BCUT2D eigenvalue weighted by molar-refractivity contribution is -0.138. The molecule has 3 heterocycles. The van der Waals surface area contributed by atoms with Gasteiger partial charge in [0.15, 0.2) is 6.61 Å². The molecule has 2 aliphatic rings. The van der Waals surface area contributed by atoms with Gasteiger partial charge in [0.05, 0.1) is 11.6 Å². The third kappa shape index (κ3) is 3.99. The Labute approximate surface area is 157 Å². The van der Waals surface area contributed by atoms with Crippen molar-refractivity contribution < 1.29 is 18.7 Å². The van der Waals surface area contributed by atoms with E-state index in [0.717, 1.165) is 50.8 Å². The molecule has 0 aliphatic carbocycles.